The van der Waals surface area contributed by atoms with Gasteiger partial charge in [0.25, 0.3) is 0 Å². The second-order valence-electron chi connectivity index (χ2n) is 5.26. The van der Waals surface area contributed by atoms with E-state index in [9.17, 15) is 0 Å². The summed E-state index contributed by atoms with van der Waals surface area (Å²) in [6, 6.07) is 2.19. The highest BCUT2D eigenvalue weighted by atomic mass is 79.9. The smallest absolute Gasteiger partial charge is 0.0843 e. The maximum absolute atomic E-state index is 3.63. The Morgan fingerprint density at radius 1 is 1.33 bits per heavy atom. The van der Waals surface area contributed by atoms with E-state index in [0.29, 0.717) is 5.54 Å². The fraction of sp³-hybridized carbons (Fsp3) is 0.692. The van der Waals surface area contributed by atoms with Crippen LogP contribution in [0.2, 0.25) is 0 Å². The average molecular weight is 396 g/mol. The summed E-state index contributed by atoms with van der Waals surface area (Å²) in [6.07, 6.45) is 5.39. The van der Waals surface area contributed by atoms with Gasteiger partial charge in [0.05, 0.1) is 3.79 Å². The molecule has 2 rings (SSSR count). The molecule has 0 spiro atoms. The van der Waals surface area contributed by atoms with Gasteiger partial charge in [0.15, 0.2) is 0 Å². The molecule has 1 aliphatic carbocycles. The molecule has 0 aromatic carbocycles. The maximum Gasteiger partial charge on any atom is 0.0843 e. The third kappa shape index (κ3) is 3.37. The molecule has 0 atom stereocenters. The predicted octanol–water partition coefficient (Wildman–Crippen LogP) is 4.24. The van der Waals surface area contributed by atoms with Crippen LogP contribution in [0.25, 0.3) is 0 Å². The van der Waals surface area contributed by atoms with Crippen LogP contribution in [-0.2, 0) is 6.54 Å². The Labute approximate surface area is 130 Å². The van der Waals surface area contributed by atoms with Crippen molar-refractivity contribution in [2.75, 3.05) is 20.6 Å². The monoisotopic (exact) mass is 394 g/mol. The molecule has 1 saturated carbocycles. The second kappa shape index (κ2) is 6.35. The topological polar surface area (TPSA) is 15.3 Å². The maximum atomic E-state index is 3.63. The zero-order valence-corrected chi connectivity index (χ0v) is 14.9. The van der Waals surface area contributed by atoms with Crippen LogP contribution in [-0.4, -0.2) is 31.1 Å². The summed E-state index contributed by atoms with van der Waals surface area (Å²) in [5.41, 5.74) is 0.381. The Balaban J connectivity index is 1.87. The average Bonchev–Trinajstić information content (AvgIpc) is 2.89. The fourth-order valence-electron chi connectivity index (χ4n) is 2.71. The van der Waals surface area contributed by atoms with E-state index in [1.54, 1.807) is 11.3 Å². The van der Waals surface area contributed by atoms with Crippen LogP contribution in [0.5, 0.6) is 0 Å². The van der Waals surface area contributed by atoms with E-state index in [0.717, 1.165) is 17.6 Å². The molecule has 0 unspecified atom stereocenters. The second-order valence-corrected chi connectivity index (χ2v) is 8.57. The summed E-state index contributed by atoms with van der Waals surface area (Å²) < 4.78 is 2.34. The van der Waals surface area contributed by atoms with Crippen molar-refractivity contribution in [1.29, 1.82) is 0 Å². The number of hydrogen-bond acceptors (Lipinski definition) is 3. The first-order valence-electron chi connectivity index (χ1n) is 6.35. The van der Waals surface area contributed by atoms with Gasteiger partial charge in [-0.05, 0) is 64.9 Å². The van der Waals surface area contributed by atoms with Crippen molar-refractivity contribution < 1.29 is 0 Å². The van der Waals surface area contributed by atoms with Crippen molar-refractivity contribution >= 4 is 43.2 Å². The number of likely N-dealkylation sites (N-methyl/N-ethyl adjacent to an activating group) is 1. The number of nitrogens with zero attached hydrogens (tertiary/aromatic N) is 1. The van der Waals surface area contributed by atoms with Crippen molar-refractivity contribution in [3.63, 3.8) is 0 Å². The van der Waals surface area contributed by atoms with Gasteiger partial charge in [0.2, 0.25) is 0 Å². The van der Waals surface area contributed by atoms with Gasteiger partial charge >= 0.3 is 0 Å². The molecule has 1 aromatic rings. The Kier molecular flexibility index (Phi) is 5.29. The van der Waals surface area contributed by atoms with Crippen molar-refractivity contribution in [2.45, 2.75) is 37.8 Å². The zero-order chi connectivity index (χ0) is 13.2. The molecule has 0 radical (unpaired) electrons. The highest BCUT2D eigenvalue weighted by molar-refractivity contribution is 9.13. The highest BCUT2D eigenvalue weighted by Crippen LogP contribution is 2.34. The Hall–Kier alpha value is 0.580. The summed E-state index contributed by atoms with van der Waals surface area (Å²) in [6.45, 7) is 2.05. The van der Waals surface area contributed by atoms with Gasteiger partial charge in [-0.3, -0.25) is 0 Å². The van der Waals surface area contributed by atoms with Crippen LogP contribution in [0.4, 0.5) is 0 Å². The summed E-state index contributed by atoms with van der Waals surface area (Å²) in [5.74, 6) is 0. The highest BCUT2D eigenvalue weighted by Gasteiger charge is 2.35. The Bertz CT molecular complexity index is 378. The molecule has 18 heavy (non-hydrogen) atoms. The minimum atomic E-state index is 0.381. The van der Waals surface area contributed by atoms with Crippen LogP contribution in [0.15, 0.2) is 14.3 Å². The van der Waals surface area contributed by atoms with Crippen LogP contribution < -0.4 is 5.32 Å². The first-order valence-corrected chi connectivity index (χ1v) is 8.76. The normalized spacial score (nSPS) is 18.7. The van der Waals surface area contributed by atoms with Crippen molar-refractivity contribution in [2.24, 2.45) is 0 Å². The minimum absolute atomic E-state index is 0.381. The molecule has 1 fully saturated rings. The van der Waals surface area contributed by atoms with Crippen molar-refractivity contribution in [1.82, 2.24) is 10.2 Å². The third-order valence-corrected chi connectivity index (χ3v) is 7.19. The Morgan fingerprint density at radius 2 is 2.00 bits per heavy atom. The van der Waals surface area contributed by atoms with Crippen LogP contribution >= 0.6 is 43.2 Å². The molecule has 2 nitrogen and oxygen atoms in total. The predicted molar refractivity (Wildman–Crippen MR) is 86.3 cm³/mol. The molecule has 0 bridgehead atoms. The summed E-state index contributed by atoms with van der Waals surface area (Å²) in [5, 5.41) is 3.63. The lowest BCUT2D eigenvalue weighted by Gasteiger charge is -2.36. The van der Waals surface area contributed by atoms with E-state index >= 15 is 0 Å². The van der Waals surface area contributed by atoms with Gasteiger partial charge in [0, 0.05) is 28.0 Å². The number of hydrogen-bond donors (Lipinski definition) is 1. The van der Waals surface area contributed by atoms with Crippen molar-refractivity contribution in [3.8, 4) is 0 Å². The van der Waals surface area contributed by atoms with Gasteiger partial charge in [0.1, 0.15) is 0 Å². The molecule has 5 heteroatoms. The number of rotatable bonds is 5. The van der Waals surface area contributed by atoms with Gasteiger partial charge in [-0.15, -0.1) is 11.3 Å². The molecule has 1 heterocycles. The van der Waals surface area contributed by atoms with Crippen LogP contribution in [0, 0.1) is 0 Å². The first kappa shape index (κ1) is 15.0. The summed E-state index contributed by atoms with van der Waals surface area (Å²) >= 11 is 8.88. The molecule has 1 aliphatic rings. The molecular weight excluding hydrogens is 376 g/mol. The number of halogens is 2. The standard InChI is InChI=1S/C13H20Br2N2S/c1-17(2)13(5-3-4-6-13)9-16-8-10-7-11(14)12(15)18-10/h7,16H,3-6,8-9H2,1-2H3. The van der Waals surface area contributed by atoms with E-state index in [-0.39, 0.29) is 0 Å². The lowest BCUT2D eigenvalue weighted by molar-refractivity contribution is 0.154. The third-order valence-electron chi connectivity index (χ3n) is 3.93. The summed E-state index contributed by atoms with van der Waals surface area (Å²) in [4.78, 5) is 3.79. The largest absolute Gasteiger partial charge is 0.310 e. The van der Waals surface area contributed by atoms with Gasteiger partial charge in [-0.2, -0.15) is 0 Å². The van der Waals surface area contributed by atoms with Crippen LogP contribution in [0.1, 0.15) is 30.6 Å². The lowest BCUT2D eigenvalue weighted by atomic mass is 9.96. The van der Waals surface area contributed by atoms with E-state index in [2.05, 4.69) is 62.2 Å². The zero-order valence-electron chi connectivity index (χ0n) is 10.9. The van der Waals surface area contributed by atoms with Crippen molar-refractivity contribution in [3.05, 3.63) is 19.2 Å². The minimum Gasteiger partial charge on any atom is -0.310 e. The molecule has 0 aliphatic heterocycles. The molecule has 1 N–H and O–H groups in total. The van der Waals surface area contributed by atoms with Gasteiger partial charge in [-0.1, -0.05) is 12.8 Å². The number of thiophene rings is 1. The van der Waals surface area contributed by atoms with E-state index in [1.807, 2.05) is 0 Å². The first-order chi connectivity index (χ1) is 8.53. The van der Waals surface area contributed by atoms with Crippen LogP contribution in [0.3, 0.4) is 0 Å². The molecule has 102 valence electrons. The quantitative estimate of drug-likeness (QED) is 0.801. The van der Waals surface area contributed by atoms with Gasteiger partial charge < -0.3 is 10.2 Å². The van der Waals surface area contributed by atoms with E-state index in [4.69, 9.17) is 0 Å². The summed E-state index contributed by atoms with van der Waals surface area (Å²) in [7, 11) is 4.43. The molecular formula is C13H20Br2N2S. The van der Waals surface area contributed by atoms with Gasteiger partial charge in [-0.25, -0.2) is 0 Å². The lowest BCUT2D eigenvalue weighted by Crippen LogP contribution is -2.49. The fourth-order valence-corrected chi connectivity index (χ4v) is 4.86. The Morgan fingerprint density at radius 3 is 2.50 bits per heavy atom. The molecule has 0 amide bonds. The number of nitrogens with one attached hydrogen (secondary N) is 1. The molecule has 1 aromatic heterocycles. The SMILES string of the molecule is CN(C)C1(CNCc2cc(Br)c(Br)s2)CCCC1. The van der Waals surface area contributed by atoms with E-state index in [1.165, 1.54) is 34.3 Å². The van der Waals surface area contributed by atoms with E-state index < -0.39 is 0 Å². The molecule has 0 saturated heterocycles.